The SMILES string of the molecule is CCN(C(=O)C1C2CCCCC21)c1ccc(N)cc1. The minimum Gasteiger partial charge on any atom is -0.399 e. The number of amides is 1. The minimum absolute atomic E-state index is 0.292. The molecule has 2 saturated carbocycles. The molecule has 2 N–H and O–H groups in total. The summed E-state index contributed by atoms with van der Waals surface area (Å²) < 4.78 is 0. The molecule has 2 unspecified atom stereocenters. The van der Waals surface area contributed by atoms with Gasteiger partial charge in [-0.1, -0.05) is 12.8 Å². The van der Waals surface area contributed by atoms with E-state index in [2.05, 4.69) is 0 Å². The van der Waals surface area contributed by atoms with Crippen LogP contribution in [0.1, 0.15) is 32.6 Å². The zero-order valence-corrected chi connectivity index (χ0v) is 11.5. The molecule has 0 aliphatic heterocycles. The van der Waals surface area contributed by atoms with Gasteiger partial charge < -0.3 is 10.6 Å². The highest BCUT2D eigenvalue weighted by molar-refractivity contribution is 5.97. The molecule has 0 spiro atoms. The normalized spacial score (nSPS) is 28.6. The smallest absolute Gasteiger partial charge is 0.230 e. The first-order chi connectivity index (χ1) is 9.22. The molecule has 0 radical (unpaired) electrons. The number of fused-ring (bicyclic) bond motifs is 1. The Balaban J connectivity index is 1.75. The Labute approximate surface area is 114 Å². The fourth-order valence-corrected chi connectivity index (χ4v) is 3.66. The highest BCUT2D eigenvalue weighted by Gasteiger charge is 2.55. The first kappa shape index (κ1) is 12.5. The van der Waals surface area contributed by atoms with Crippen molar-refractivity contribution in [2.45, 2.75) is 32.6 Å². The molecule has 2 aliphatic rings. The second-order valence-electron chi connectivity index (χ2n) is 5.81. The highest BCUT2D eigenvalue weighted by atomic mass is 16.2. The first-order valence-electron chi connectivity index (χ1n) is 7.39. The summed E-state index contributed by atoms with van der Waals surface area (Å²) in [6.45, 7) is 2.78. The summed E-state index contributed by atoms with van der Waals surface area (Å²) in [5.74, 6) is 1.96. The molecule has 19 heavy (non-hydrogen) atoms. The maximum atomic E-state index is 12.7. The molecule has 1 amide bonds. The van der Waals surface area contributed by atoms with E-state index in [-0.39, 0.29) is 0 Å². The number of anilines is 2. The summed E-state index contributed by atoms with van der Waals surface area (Å²) in [5.41, 5.74) is 7.43. The van der Waals surface area contributed by atoms with Crippen molar-refractivity contribution in [1.82, 2.24) is 0 Å². The van der Waals surface area contributed by atoms with Crippen LogP contribution in [0.25, 0.3) is 0 Å². The molecule has 0 bridgehead atoms. The number of nitrogens with zero attached hydrogens (tertiary/aromatic N) is 1. The van der Waals surface area contributed by atoms with Gasteiger partial charge in [-0.2, -0.15) is 0 Å². The van der Waals surface area contributed by atoms with Crippen LogP contribution in [-0.2, 0) is 4.79 Å². The zero-order chi connectivity index (χ0) is 13.4. The Morgan fingerprint density at radius 3 is 2.32 bits per heavy atom. The number of hydrogen-bond donors (Lipinski definition) is 1. The molecule has 0 saturated heterocycles. The van der Waals surface area contributed by atoms with Crippen molar-refractivity contribution in [3.63, 3.8) is 0 Å². The van der Waals surface area contributed by atoms with E-state index in [0.29, 0.717) is 23.7 Å². The number of benzene rings is 1. The third-order valence-electron chi connectivity index (χ3n) is 4.73. The zero-order valence-electron chi connectivity index (χ0n) is 11.5. The summed E-state index contributed by atoms with van der Waals surface area (Å²) in [5, 5.41) is 0. The average Bonchev–Trinajstić information content (AvgIpc) is 3.16. The Morgan fingerprint density at radius 2 is 1.79 bits per heavy atom. The maximum Gasteiger partial charge on any atom is 0.230 e. The van der Waals surface area contributed by atoms with Crippen LogP contribution in [-0.4, -0.2) is 12.5 Å². The monoisotopic (exact) mass is 258 g/mol. The van der Waals surface area contributed by atoms with Gasteiger partial charge in [0.05, 0.1) is 0 Å². The van der Waals surface area contributed by atoms with Crippen molar-refractivity contribution in [2.75, 3.05) is 17.2 Å². The largest absolute Gasteiger partial charge is 0.399 e. The lowest BCUT2D eigenvalue weighted by Crippen LogP contribution is -2.32. The van der Waals surface area contributed by atoms with Crippen LogP contribution in [0, 0.1) is 17.8 Å². The quantitative estimate of drug-likeness (QED) is 0.847. The van der Waals surface area contributed by atoms with Crippen molar-refractivity contribution < 1.29 is 4.79 Å². The summed E-state index contributed by atoms with van der Waals surface area (Å²) >= 11 is 0. The molecule has 0 heterocycles. The number of nitrogens with two attached hydrogens (primary N) is 1. The Hall–Kier alpha value is -1.51. The topological polar surface area (TPSA) is 46.3 Å². The van der Waals surface area contributed by atoms with Crippen molar-refractivity contribution >= 4 is 17.3 Å². The Morgan fingerprint density at radius 1 is 1.21 bits per heavy atom. The summed E-state index contributed by atoms with van der Waals surface area (Å²) in [4.78, 5) is 14.6. The molecule has 102 valence electrons. The molecule has 3 rings (SSSR count). The van der Waals surface area contributed by atoms with Crippen LogP contribution in [0.3, 0.4) is 0 Å². The van der Waals surface area contributed by atoms with E-state index >= 15 is 0 Å². The summed E-state index contributed by atoms with van der Waals surface area (Å²) in [6, 6.07) is 7.63. The fraction of sp³-hybridized carbons (Fsp3) is 0.562. The molecular formula is C16H22N2O. The number of carbonyl (C=O) groups excluding carboxylic acids is 1. The van der Waals surface area contributed by atoms with Gasteiger partial charge >= 0.3 is 0 Å². The molecular weight excluding hydrogens is 236 g/mol. The van der Waals surface area contributed by atoms with E-state index < -0.39 is 0 Å². The second kappa shape index (κ2) is 4.87. The number of carbonyl (C=O) groups is 1. The molecule has 3 nitrogen and oxygen atoms in total. The van der Waals surface area contributed by atoms with Gasteiger partial charge in [-0.25, -0.2) is 0 Å². The van der Waals surface area contributed by atoms with Gasteiger partial charge in [-0.05, 0) is 55.9 Å². The van der Waals surface area contributed by atoms with Crippen molar-refractivity contribution in [3.8, 4) is 0 Å². The van der Waals surface area contributed by atoms with E-state index in [1.54, 1.807) is 0 Å². The standard InChI is InChI=1S/C16H22N2O/c1-2-18(12-9-7-11(17)8-10-12)16(19)15-13-5-3-4-6-14(13)15/h7-10,13-15H,2-6,17H2,1H3. The van der Waals surface area contributed by atoms with Gasteiger partial charge in [-0.15, -0.1) is 0 Å². The summed E-state index contributed by atoms with van der Waals surface area (Å²) in [6.07, 6.45) is 5.11. The van der Waals surface area contributed by atoms with Crippen LogP contribution in [0.4, 0.5) is 11.4 Å². The van der Waals surface area contributed by atoms with Crippen molar-refractivity contribution in [1.29, 1.82) is 0 Å². The predicted octanol–water partition coefficient (Wildman–Crippen LogP) is 3.06. The highest BCUT2D eigenvalue weighted by Crippen LogP contribution is 2.56. The average molecular weight is 258 g/mol. The van der Waals surface area contributed by atoms with Crippen molar-refractivity contribution in [3.05, 3.63) is 24.3 Å². The lowest BCUT2D eigenvalue weighted by atomic mass is 10.0. The van der Waals surface area contributed by atoms with E-state index in [9.17, 15) is 4.79 Å². The maximum absolute atomic E-state index is 12.7. The molecule has 0 aromatic heterocycles. The number of nitrogen functional groups attached to an aromatic ring is 1. The molecule has 2 fully saturated rings. The van der Waals surface area contributed by atoms with E-state index in [1.165, 1.54) is 25.7 Å². The second-order valence-corrected chi connectivity index (χ2v) is 5.81. The summed E-state index contributed by atoms with van der Waals surface area (Å²) in [7, 11) is 0. The Bertz CT molecular complexity index is 456. The third-order valence-corrected chi connectivity index (χ3v) is 4.73. The minimum atomic E-state index is 0.292. The van der Waals surface area contributed by atoms with Gasteiger partial charge in [0, 0.05) is 23.8 Å². The van der Waals surface area contributed by atoms with E-state index in [4.69, 9.17) is 5.73 Å². The van der Waals surface area contributed by atoms with Crippen molar-refractivity contribution in [2.24, 2.45) is 17.8 Å². The van der Waals surface area contributed by atoms with Gasteiger partial charge in [0.1, 0.15) is 0 Å². The molecule has 1 aromatic carbocycles. The van der Waals surface area contributed by atoms with E-state index in [0.717, 1.165) is 17.9 Å². The molecule has 2 atom stereocenters. The van der Waals surface area contributed by atoms with Gasteiger partial charge in [0.25, 0.3) is 0 Å². The van der Waals surface area contributed by atoms with Crippen LogP contribution >= 0.6 is 0 Å². The van der Waals surface area contributed by atoms with Gasteiger partial charge in [0.2, 0.25) is 5.91 Å². The fourth-order valence-electron chi connectivity index (χ4n) is 3.66. The first-order valence-corrected chi connectivity index (χ1v) is 7.39. The lowest BCUT2D eigenvalue weighted by molar-refractivity contribution is -0.120. The predicted molar refractivity (Wildman–Crippen MR) is 77.8 cm³/mol. The van der Waals surface area contributed by atoms with E-state index in [1.807, 2.05) is 36.1 Å². The van der Waals surface area contributed by atoms with Crippen LogP contribution in [0.15, 0.2) is 24.3 Å². The van der Waals surface area contributed by atoms with Crippen LogP contribution in [0.2, 0.25) is 0 Å². The number of rotatable bonds is 3. The molecule has 3 heteroatoms. The van der Waals surface area contributed by atoms with Crippen LogP contribution in [0.5, 0.6) is 0 Å². The third kappa shape index (κ3) is 2.22. The molecule has 1 aromatic rings. The number of hydrogen-bond acceptors (Lipinski definition) is 2. The van der Waals surface area contributed by atoms with Gasteiger partial charge in [0.15, 0.2) is 0 Å². The molecule has 2 aliphatic carbocycles. The van der Waals surface area contributed by atoms with Gasteiger partial charge in [-0.3, -0.25) is 4.79 Å². The lowest BCUT2D eigenvalue weighted by Gasteiger charge is -2.21. The Kier molecular flexibility index (Phi) is 3.21. The van der Waals surface area contributed by atoms with Crippen LogP contribution < -0.4 is 10.6 Å².